The van der Waals surface area contributed by atoms with E-state index in [-0.39, 0.29) is 17.1 Å². The van der Waals surface area contributed by atoms with Crippen LogP contribution in [0.25, 0.3) is 21.9 Å². The Kier molecular flexibility index (Phi) is 5.86. The molecule has 36 heavy (non-hydrogen) atoms. The van der Waals surface area contributed by atoms with Gasteiger partial charge in [-0.25, -0.2) is 19.2 Å². The number of nitrogens with zero attached hydrogens (tertiary/aromatic N) is 4. The topological polar surface area (TPSA) is 117 Å². The molecule has 1 fully saturated rings. The average Bonchev–Trinajstić information content (AvgIpc) is 2.83. The van der Waals surface area contributed by atoms with E-state index >= 15 is 4.39 Å². The zero-order valence-electron chi connectivity index (χ0n) is 20.9. The van der Waals surface area contributed by atoms with Gasteiger partial charge in [0.15, 0.2) is 5.82 Å². The van der Waals surface area contributed by atoms with Gasteiger partial charge >= 0.3 is 6.09 Å². The van der Waals surface area contributed by atoms with E-state index in [0.717, 1.165) is 24.3 Å². The van der Waals surface area contributed by atoms with E-state index in [0.29, 0.717) is 53.2 Å². The highest BCUT2D eigenvalue weighted by Gasteiger charge is 2.41. The number of benzene rings is 1. The van der Waals surface area contributed by atoms with Crippen molar-refractivity contribution in [3.05, 3.63) is 35.9 Å². The van der Waals surface area contributed by atoms with E-state index in [1.165, 1.54) is 11.1 Å². The third kappa shape index (κ3) is 3.95. The molecule has 0 spiro atoms. The number of anilines is 3. The van der Waals surface area contributed by atoms with Gasteiger partial charge in [0.1, 0.15) is 18.1 Å². The highest BCUT2D eigenvalue weighted by molar-refractivity contribution is 5.99. The second kappa shape index (κ2) is 8.77. The number of hydrogen-bond donors (Lipinski definition) is 3. The van der Waals surface area contributed by atoms with Gasteiger partial charge in [-0.2, -0.15) is 0 Å². The summed E-state index contributed by atoms with van der Waals surface area (Å²) in [7, 11) is 2.04. The molecule has 5 rings (SSSR count). The average molecular weight is 495 g/mol. The van der Waals surface area contributed by atoms with Crippen molar-refractivity contribution < 1.29 is 19.0 Å². The first kappa shape index (κ1) is 24.1. The van der Waals surface area contributed by atoms with Gasteiger partial charge in [0.05, 0.1) is 5.69 Å². The molecule has 2 aromatic heterocycles. The van der Waals surface area contributed by atoms with Crippen LogP contribution in [0.1, 0.15) is 25.8 Å². The van der Waals surface area contributed by atoms with Crippen LogP contribution in [0, 0.1) is 18.2 Å². The third-order valence-corrected chi connectivity index (χ3v) is 7.35. The molecule has 1 amide bonds. The number of aromatic nitrogens is 2. The lowest BCUT2D eigenvalue weighted by atomic mass is 9.78. The van der Waals surface area contributed by atoms with Crippen LogP contribution >= 0.6 is 0 Å². The second-order valence-electron chi connectivity index (χ2n) is 10.4. The first-order chi connectivity index (χ1) is 17.1. The maximum absolute atomic E-state index is 15.5. The van der Waals surface area contributed by atoms with Gasteiger partial charge in [0, 0.05) is 48.0 Å². The normalized spacial score (nSPS) is 19.3. The monoisotopic (exact) mass is 494 g/mol. The molecule has 1 atom stereocenters. The second-order valence-corrected chi connectivity index (χ2v) is 10.4. The fourth-order valence-corrected chi connectivity index (χ4v) is 5.59. The van der Waals surface area contributed by atoms with Gasteiger partial charge < -0.3 is 25.8 Å². The van der Waals surface area contributed by atoms with Crippen LogP contribution in [0.5, 0.6) is 5.88 Å². The molecule has 10 heteroatoms. The number of pyridine rings is 2. The summed E-state index contributed by atoms with van der Waals surface area (Å²) in [6.07, 6.45) is 2.65. The van der Waals surface area contributed by atoms with Crippen molar-refractivity contribution in [2.45, 2.75) is 33.2 Å². The number of hydrogen-bond acceptors (Lipinski definition) is 7. The summed E-state index contributed by atoms with van der Waals surface area (Å²) in [5.74, 6) is 0.219. The van der Waals surface area contributed by atoms with Gasteiger partial charge in [-0.1, -0.05) is 13.8 Å². The number of carboxylic acid groups (broad SMARTS) is 1. The van der Waals surface area contributed by atoms with Crippen molar-refractivity contribution in [2.75, 3.05) is 49.2 Å². The summed E-state index contributed by atoms with van der Waals surface area (Å²) in [6, 6.07) is 3.11. The first-order valence-electron chi connectivity index (χ1n) is 12.0. The number of piperidine rings is 1. The molecular formula is C26H31FN6O3. The molecule has 0 radical (unpaired) electrons. The number of nitrogen functional groups attached to an aromatic ring is 1. The van der Waals surface area contributed by atoms with E-state index in [1.54, 1.807) is 18.3 Å². The lowest BCUT2D eigenvalue weighted by Crippen LogP contribution is -2.56. The minimum atomic E-state index is -1.07. The van der Waals surface area contributed by atoms with Gasteiger partial charge in [-0.05, 0) is 55.4 Å². The molecule has 4 heterocycles. The molecule has 9 nitrogen and oxygen atoms in total. The van der Waals surface area contributed by atoms with Crippen LogP contribution in [-0.4, -0.2) is 65.4 Å². The van der Waals surface area contributed by atoms with Crippen molar-refractivity contribution >= 4 is 34.1 Å². The van der Waals surface area contributed by atoms with Gasteiger partial charge in [0.25, 0.3) is 0 Å². The van der Waals surface area contributed by atoms with Crippen LogP contribution in [0.4, 0.5) is 26.4 Å². The minimum absolute atomic E-state index is 0.0376. The van der Waals surface area contributed by atoms with Crippen molar-refractivity contribution in [3.8, 4) is 17.0 Å². The van der Waals surface area contributed by atoms with E-state index in [1.807, 2.05) is 14.0 Å². The van der Waals surface area contributed by atoms with E-state index < -0.39 is 11.9 Å². The van der Waals surface area contributed by atoms with Crippen LogP contribution in [0.3, 0.4) is 0 Å². The van der Waals surface area contributed by atoms with E-state index in [4.69, 9.17) is 10.5 Å². The number of ether oxygens (including phenoxy) is 1. The standard InChI is InChI=1S/C26H31FN6O3/c1-14-17(11-31-24-23(14)29-6-8-36-24)16-9-15-10-20(30-12-18(15)22(28)21(16)27)33(25(34)35)19-5-7-32(4)13-26(19,2)3/h9-12,19,29H,5-8,13,28H2,1-4H3,(H,34,35). The van der Waals surface area contributed by atoms with Crippen molar-refractivity contribution in [1.82, 2.24) is 14.9 Å². The number of fused-ring (bicyclic) bond motifs is 2. The van der Waals surface area contributed by atoms with E-state index in [2.05, 4.69) is 34.0 Å². The molecule has 4 N–H and O–H groups in total. The molecule has 0 aliphatic carbocycles. The van der Waals surface area contributed by atoms with Crippen LogP contribution in [0.2, 0.25) is 0 Å². The summed E-state index contributed by atoms with van der Waals surface area (Å²) in [5, 5.41) is 14.5. The van der Waals surface area contributed by atoms with Gasteiger partial charge in [-0.3, -0.25) is 4.90 Å². The Morgan fingerprint density at radius 2 is 2.08 bits per heavy atom. The fourth-order valence-electron chi connectivity index (χ4n) is 5.59. The van der Waals surface area contributed by atoms with Crippen LogP contribution in [-0.2, 0) is 0 Å². The molecule has 1 aromatic carbocycles. The lowest BCUT2D eigenvalue weighted by molar-refractivity contribution is 0.107. The lowest BCUT2D eigenvalue weighted by Gasteiger charge is -2.46. The highest BCUT2D eigenvalue weighted by atomic mass is 19.1. The predicted octanol–water partition coefficient (Wildman–Crippen LogP) is 4.35. The van der Waals surface area contributed by atoms with Crippen LogP contribution < -0.4 is 20.7 Å². The molecule has 0 bridgehead atoms. The van der Waals surface area contributed by atoms with Crippen LogP contribution in [0.15, 0.2) is 24.5 Å². The Hall–Kier alpha value is -3.66. The molecule has 190 valence electrons. The zero-order valence-corrected chi connectivity index (χ0v) is 20.9. The number of nitrogens with two attached hydrogens (primary N) is 1. The fraction of sp³-hybridized carbons (Fsp3) is 0.423. The molecular weight excluding hydrogens is 463 g/mol. The van der Waals surface area contributed by atoms with Gasteiger partial charge in [-0.15, -0.1) is 0 Å². The van der Waals surface area contributed by atoms with Crippen molar-refractivity contribution in [1.29, 1.82) is 0 Å². The maximum atomic E-state index is 15.5. The molecule has 0 saturated carbocycles. The first-order valence-corrected chi connectivity index (χ1v) is 12.0. The molecule has 3 aromatic rings. The number of nitrogens with one attached hydrogen (secondary N) is 1. The Balaban J connectivity index is 1.63. The summed E-state index contributed by atoms with van der Waals surface area (Å²) < 4.78 is 21.1. The summed E-state index contributed by atoms with van der Waals surface area (Å²) >= 11 is 0. The SMILES string of the molecule is Cc1c(-c2cc3cc(N(C(=O)O)C4CCN(C)CC4(C)C)ncc3c(N)c2F)cnc2c1NCCO2. The van der Waals surface area contributed by atoms with Gasteiger partial charge in [0.2, 0.25) is 5.88 Å². The number of rotatable bonds is 3. The van der Waals surface area contributed by atoms with Crippen molar-refractivity contribution in [3.63, 3.8) is 0 Å². The molecule has 2 aliphatic heterocycles. The maximum Gasteiger partial charge on any atom is 0.413 e. The minimum Gasteiger partial charge on any atom is -0.474 e. The summed E-state index contributed by atoms with van der Waals surface area (Å²) in [5.41, 5.74) is 8.31. The quantitative estimate of drug-likeness (QED) is 0.460. The number of likely N-dealkylation sites (tertiary alicyclic amines) is 1. The number of amides is 1. The molecule has 1 saturated heterocycles. The molecule has 2 aliphatic rings. The Morgan fingerprint density at radius 1 is 1.31 bits per heavy atom. The summed E-state index contributed by atoms with van der Waals surface area (Å²) in [4.78, 5) is 24.8. The van der Waals surface area contributed by atoms with E-state index in [9.17, 15) is 9.90 Å². The molecule has 1 unspecified atom stereocenters. The smallest absolute Gasteiger partial charge is 0.413 e. The highest BCUT2D eigenvalue weighted by Crippen LogP contribution is 2.41. The largest absolute Gasteiger partial charge is 0.474 e. The predicted molar refractivity (Wildman–Crippen MR) is 138 cm³/mol. The number of halogens is 1. The summed E-state index contributed by atoms with van der Waals surface area (Å²) in [6.45, 7) is 8.72. The Labute approximate surface area is 209 Å². The Morgan fingerprint density at radius 3 is 2.81 bits per heavy atom. The third-order valence-electron chi connectivity index (χ3n) is 7.35. The zero-order chi connectivity index (χ0) is 25.8. The van der Waals surface area contributed by atoms with Crippen molar-refractivity contribution in [2.24, 2.45) is 5.41 Å². The number of carbonyl (C=O) groups is 1. The Bertz CT molecular complexity index is 1360.